The van der Waals surface area contributed by atoms with Crippen molar-refractivity contribution >= 4 is 23.5 Å². The Morgan fingerprint density at radius 2 is 2.10 bits per heavy atom. The molecule has 3 nitrogen and oxygen atoms in total. The van der Waals surface area contributed by atoms with Crippen molar-refractivity contribution in [3.63, 3.8) is 0 Å². The predicted molar refractivity (Wildman–Crippen MR) is 85.3 cm³/mol. The molecule has 0 bridgehead atoms. The van der Waals surface area contributed by atoms with Gasteiger partial charge in [0.2, 0.25) is 0 Å². The Morgan fingerprint density at radius 1 is 1.25 bits per heavy atom. The molecule has 1 aliphatic rings. The number of rotatable bonds is 5. The maximum absolute atomic E-state index is 11.9. The van der Waals surface area contributed by atoms with Crippen molar-refractivity contribution in [2.24, 2.45) is 0 Å². The highest BCUT2D eigenvalue weighted by molar-refractivity contribution is 7.99. The van der Waals surface area contributed by atoms with Crippen LogP contribution in [-0.2, 0) is 17.9 Å². The lowest BCUT2D eigenvalue weighted by Gasteiger charge is -2.03. The van der Waals surface area contributed by atoms with Crippen LogP contribution in [0.3, 0.4) is 0 Å². The van der Waals surface area contributed by atoms with Crippen LogP contribution in [0.4, 0.5) is 0 Å². The summed E-state index contributed by atoms with van der Waals surface area (Å²) >= 11 is 3.40. The summed E-state index contributed by atoms with van der Waals surface area (Å²) in [6.07, 6.45) is 2.16. The van der Waals surface area contributed by atoms with E-state index in [-0.39, 0.29) is 5.56 Å². The molecule has 0 aliphatic carbocycles. The number of hydrogen-bond donors (Lipinski definition) is 1. The van der Waals surface area contributed by atoms with E-state index in [2.05, 4.69) is 34.2 Å². The topological polar surface area (TPSA) is 45.8 Å². The van der Waals surface area contributed by atoms with Gasteiger partial charge in [-0.05, 0) is 18.4 Å². The lowest BCUT2D eigenvalue weighted by molar-refractivity contribution is 0.875. The number of thioether (sulfide) groups is 2. The molecule has 0 spiro atoms. The summed E-state index contributed by atoms with van der Waals surface area (Å²) in [5.74, 6) is 2.65. The van der Waals surface area contributed by atoms with Gasteiger partial charge < -0.3 is 4.98 Å². The number of H-pyrrole nitrogens is 1. The number of fused-ring (bicyclic) bond motifs is 1. The van der Waals surface area contributed by atoms with Crippen molar-refractivity contribution in [3.05, 3.63) is 57.5 Å². The summed E-state index contributed by atoms with van der Waals surface area (Å²) in [4.78, 5) is 19.3. The van der Waals surface area contributed by atoms with Gasteiger partial charge in [-0.2, -0.15) is 11.8 Å². The van der Waals surface area contributed by atoms with Crippen LogP contribution in [0.2, 0.25) is 0 Å². The van der Waals surface area contributed by atoms with Crippen LogP contribution >= 0.6 is 23.5 Å². The van der Waals surface area contributed by atoms with Crippen molar-refractivity contribution in [1.82, 2.24) is 9.97 Å². The van der Waals surface area contributed by atoms with Crippen molar-refractivity contribution in [2.75, 3.05) is 5.75 Å². The van der Waals surface area contributed by atoms with Crippen LogP contribution in [0.5, 0.6) is 0 Å². The summed E-state index contributed by atoms with van der Waals surface area (Å²) in [6, 6.07) is 10.5. The van der Waals surface area contributed by atoms with E-state index in [1.165, 1.54) is 5.56 Å². The highest BCUT2D eigenvalue weighted by Crippen LogP contribution is 2.26. The fraction of sp³-hybridized carbons (Fsp3) is 0.333. The first kappa shape index (κ1) is 13.8. The van der Waals surface area contributed by atoms with Gasteiger partial charge in [-0.3, -0.25) is 4.79 Å². The molecule has 5 heteroatoms. The average molecular weight is 304 g/mol. The minimum Gasteiger partial charge on any atom is -0.301 e. The van der Waals surface area contributed by atoms with E-state index >= 15 is 0 Å². The summed E-state index contributed by atoms with van der Waals surface area (Å²) < 4.78 is 0. The SMILES string of the molecule is O=c1[nH]c(SCCCc2ccccc2)nc2c1CSC2. The van der Waals surface area contributed by atoms with Crippen LogP contribution < -0.4 is 5.56 Å². The monoisotopic (exact) mass is 304 g/mol. The molecule has 0 fully saturated rings. The van der Waals surface area contributed by atoms with Gasteiger partial charge in [-0.1, -0.05) is 42.1 Å². The summed E-state index contributed by atoms with van der Waals surface area (Å²) in [5.41, 5.74) is 3.25. The molecule has 1 N–H and O–H groups in total. The molecule has 0 unspecified atom stereocenters. The maximum atomic E-state index is 11.9. The molecule has 0 atom stereocenters. The van der Waals surface area contributed by atoms with E-state index < -0.39 is 0 Å². The Kier molecular flexibility index (Phi) is 4.47. The van der Waals surface area contributed by atoms with Gasteiger partial charge in [0.05, 0.1) is 5.69 Å². The predicted octanol–water partition coefficient (Wildman–Crippen LogP) is 3.24. The van der Waals surface area contributed by atoms with Crippen LogP contribution in [0.15, 0.2) is 40.3 Å². The van der Waals surface area contributed by atoms with Crippen molar-refractivity contribution in [3.8, 4) is 0 Å². The molecule has 0 radical (unpaired) electrons. The zero-order valence-corrected chi connectivity index (χ0v) is 12.7. The summed E-state index contributed by atoms with van der Waals surface area (Å²) in [6.45, 7) is 0. The molecule has 104 valence electrons. The Morgan fingerprint density at radius 3 is 2.95 bits per heavy atom. The fourth-order valence-corrected chi connectivity index (χ4v) is 4.06. The molecule has 1 aliphatic heterocycles. The second-order valence-electron chi connectivity index (χ2n) is 4.73. The minimum absolute atomic E-state index is 0.0468. The number of aromatic nitrogens is 2. The van der Waals surface area contributed by atoms with Crippen molar-refractivity contribution in [2.45, 2.75) is 29.5 Å². The number of nitrogens with zero attached hydrogens (tertiary/aromatic N) is 1. The van der Waals surface area contributed by atoms with Crippen LogP contribution in [-0.4, -0.2) is 15.7 Å². The number of benzene rings is 1. The number of aryl methyl sites for hydroxylation is 1. The van der Waals surface area contributed by atoms with Crippen LogP contribution in [0.25, 0.3) is 0 Å². The third-order valence-electron chi connectivity index (χ3n) is 3.26. The molecule has 2 heterocycles. The first-order valence-corrected chi connectivity index (χ1v) is 8.83. The molecule has 2 aromatic rings. The Labute approximate surface area is 126 Å². The molecule has 0 amide bonds. The Balaban J connectivity index is 1.54. The first-order valence-electron chi connectivity index (χ1n) is 6.69. The first-order chi connectivity index (χ1) is 9.83. The lowest BCUT2D eigenvalue weighted by atomic mass is 10.1. The normalized spacial score (nSPS) is 13.4. The van der Waals surface area contributed by atoms with Crippen LogP contribution in [0, 0.1) is 0 Å². The van der Waals surface area contributed by atoms with E-state index in [1.807, 2.05) is 6.07 Å². The maximum Gasteiger partial charge on any atom is 0.255 e. The van der Waals surface area contributed by atoms with E-state index in [4.69, 9.17) is 0 Å². The molecule has 1 aromatic heterocycles. The molecule has 3 rings (SSSR count). The van der Waals surface area contributed by atoms with Gasteiger partial charge in [0.1, 0.15) is 0 Å². The molecule has 1 aromatic carbocycles. The second kappa shape index (κ2) is 6.50. The summed E-state index contributed by atoms with van der Waals surface area (Å²) in [7, 11) is 0. The van der Waals surface area contributed by atoms with Crippen molar-refractivity contribution < 1.29 is 0 Å². The van der Waals surface area contributed by atoms with E-state index in [0.717, 1.165) is 46.5 Å². The van der Waals surface area contributed by atoms with Gasteiger partial charge in [-0.15, -0.1) is 0 Å². The number of aromatic amines is 1. The van der Waals surface area contributed by atoms with E-state index in [1.54, 1.807) is 23.5 Å². The quantitative estimate of drug-likeness (QED) is 0.523. The van der Waals surface area contributed by atoms with E-state index in [9.17, 15) is 4.79 Å². The smallest absolute Gasteiger partial charge is 0.255 e. The third-order valence-corrected chi connectivity index (χ3v) is 5.19. The number of nitrogens with one attached hydrogen (secondary N) is 1. The molecular formula is C15H16N2OS2. The standard InChI is InChI=1S/C15H16N2OS2/c18-14-12-9-19-10-13(12)16-15(17-14)20-8-4-7-11-5-2-1-3-6-11/h1-3,5-6H,4,7-10H2,(H,16,17,18). The van der Waals surface area contributed by atoms with Gasteiger partial charge in [-0.25, -0.2) is 4.98 Å². The third kappa shape index (κ3) is 3.27. The zero-order valence-electron chi connectivity index (χ0n) is 11.1. The van der Waals surface area contributed by atoms with Gasteiger partial charge in [0.25, 0.3) is 5.56 Å². The zero-order chi connectivity index (χ0) is 13.8. The molecular weight excluding hydrogens is 288 g/mol. The second-order valence-corrected chi connectivity index (χ2v) is 6.80. The van der Waals surface area contributed by atoms with Gasteiger partial charge in [0, 0.05) is 22.8 Å². The average Bonchev–Trinajstić information content (AvgIpc) is 2.94. The van der Waals surface area contributed by atoms with E-state index in [0.29, 0.717) is 0 Å². The molecule has 0 saturated carbocycles. The van der Waals surface area contributed by atoms with Gasteiger partial charge in [0.15, 0.2) is 5.16 Å². The summed E-state index contributed by atoms with van der Waals surface area (Å²) in [5, 5.41) is 0.768. The largest absolute Gasteiger partial charge is 0.301 e. The Hall–Kier alpha value is -1.20. The molecule has 20 heavy (non-hydrogen) atoms. The van der Waals surface area contributed by atoms with Crippen LogP contribution in [0.1, 0.15) is 23.2 Å². The fourth-order valence-electron chi connectivity index (χ4n) is 2.20. The van der Waals surface area contributed by atoms with Crippen molar-refractivity contribution in [1.29, 1.82) is 0 Å². The highest BCUT2D eigenvalue weighted by Gasteiger charge is 2.17. The lowest BCUT2D eigenvalue weighted by Crippen LogP contribution is -2.14. The highest BCUT2D eigenvalue weighted by atomic mass is 32.2. The number of hydrogen-bond acceptors (Lipinski definition) is 4. The van der Waals surface area contributed by atoms with Gasteiger partial charge >= 0.3 is 0 Å². The minimum atomic E-state index is 0.0468. The Bertz CT molecular complexity index is 640. The molecule has 0 saturated heterocycles.